The van der Waals surface area contributed by atoms with E-state index in [2.05, 4.69) is 0 Å². The molecule has 0 bridgehead atoms. The summed E-state index contributed by atoms with van der Waals surface area (Å²) in [5.41, 5.74) is -5.65. The number of rotatable bonds is 12. The van der Waals surface area contributed by atoms with Gasteiger partial charge in [-0.2, -0.15) is 13.2 Å². The quantitative estimate of drug-likeness (QED) is 0.154. The number of alkyl halides is 3. The predicted octanol–water partition coefficient (Wildman–Crippen LogP) is -2.62. The van der Waals surface area contributed by atoms with E-state index in [1.165, 1.54) is 0 Å². The number of hydrogen-bond acceptors (Lipinski definition) is 8. The van der Waals surface area contributed by atoms with E-state index < -0.39 is 15.6 Å². The second-order valence-electron chi connectivity index (χ2n) is 3.72. The van der Waals surface area contributed by atoms with Crippen LogP contribution in [0.2, 0.25) is 0 Å². The molecule has 0 saturated heterocycles. The normalized spacial score (nSPS) is 11.4. The molecule has 0 aliphatic rings. The molecule has 24 heavy (non-hydrogen) atoms. The van der Waals surface area contributed by atoms with Crippen molar-refractivity contribution in [3.63, 3.8) is 0 Å². The van der Waals surface area contributed by atoms with Gasteiger partial charge in [-0.3, -0.25) is 0 Å². The summed E-state index contributed by atoms with van der Waals surface area (Å²) < 4.78 is 84.2. The van der Waals surface area contributed by atoms with Crippen molar-refractivity contribution in [2.24, 2.45) is 0 Å². The predicted molar refractivity (Wildman–Crippen MR) is 72.0 cm³/mol. The van der Waals surface area contributed by atoms with Crippen molar-refractivity contribution in [2.45, 2.75) is 5.51 Å². The van der Waals surface area contributed by atoms with Gasteiger partial charge in [0.25, 0.3) is 0 Å². The fourth-order valence-corrected chi connectivity index (χ4v) is 0.826. The molecule has 0 aromatic heterocycles. The molecule has 0 saturated carbocycles. The fourth-order valence-electron chi connectivity index (χ4n) is 0.826. The second kappa shape index (κ2) is 18.3. The molecule has 142 valence electrons. The summed E-state index contributed by atoms with van der Waals surface area (Å²) in [5.74, 6) is 0. The van der Waals surface area contributed by atoms with Crippen molar-refractivity contribution >= 4 is 10.1 Å². The van der Waals surface area contributed by atoms with E-state index in [4.69, 9.17) is 36.7 Å². The van der Waals surface area contributed by atoms with Crippen LogP contribution < -0.4 is 29.6 Å². The van der Waals surface area contributed by atoms with Crippen LogP contribution in [0.3, 0.4) is 0 Å². The van der Waals surface area contributed by atoms with Gasteiger partial charge in [-0.15, -0.1) is 0 Å². The Balaban J connectivity index is -0.000000419. The Hall–Kier alpha value is 0.500. The minimum Gasteiger partial charge on any atom is -0.741 e. The van der Waals surface area contributed by atoms with Crippen LogP contribution in [-0.4, -0.2) is 85.6 Å². The van der Waals surface area contributed by atoms with E-state index in [1.54, 1.807) is 14.2 Å². The van der Waals surface area contributed by atoms with Gasteiger partial charge in [0.15, 0.2) is 10.1 Å². The van der Waals surface area contributed by atoms with E-state index in [-0.39, 0.29) is 29.6 Å². The minimum absolute atomic E-state index is 0. The molecule has 13 heteroatoms. The molecule has 0 heterocycles. The van der Waals surface area contributed by atoms with Gasteiger partial charge in [0, 0.05) is 14.2 Å². The van der Waals surface area contributed by atoms with Gasteiger partial charge >= 0.3 is 35.1 Å². The molecule has 8 nitrogen and oxygen atoms in total. The maximum atomic E-state index is 10.7. The summed E-state index contributed by atoms with van der Waals surface area (Å²) in [6.45, 7) is 4.87. The summed E-state index contributed by atoms with van der Waals surface area (Å²) in [4.78, 5) is 0. The third-order valence-electron chi connectivity index (χ3n) is 1.89. The van der Waals surface area contributed by atoms with E-state index in [0.29, 0.717) is 52.9 Å². The Bertz CT molecular complexity index is 342. The van der Waals surface area contributed by atoms with Gasteiger partial charge in [0.1, 0.15) is 0 Å². The largest absolute Gasteiger partial charge is 1.00 e. The maximum absolute atomic E-state index is 10.7. The van der Waals surface area contributed by atoms with Crippen molar-refractivity contribution in [1.82, 2.24) is 0 Å². The smallest absolute Gasteiger partial charge is 0.741 e. The topological polar surface area (TPSA) is 103 Å². The molecule has 0 atom stereocenters. The van der Waals surface area contributed by atoms with Crippen LogP contribution in [0.25, 0.3) is 0 Å². The van der Waals surface area contributed by atoms with Crippen LogP contribution in [0, 0.1) is 0 Å². The molecule has 0 radical (unpaired) electrons. The number of hydrogen-bond donors (Lipinski definition) is 0. The maximum Gasteiger partial charge on any atom is 1.00 e. The van der Waals surface area contributed by atoms with Crippen LogP contribution in [0.5, 0.6) is 0 Å². The Morgan fingerprint density at radius 3 is 1.12 bits per heavy atom. The number of ether oxygens (including phenoxy) is 5. The van der Waals surface area contributed by atoms with Crippen molar-refractivity contribution in [2.75, 3.05) is 67.1 Å². The fraction of sp³-hybridized carbons (Fsp3) is 1.00. The van der Waals surface area contributed by atoms with Gasteiger partial charge in [0.05, 0.1) is 52.9 Å². The van der Waals surface area contributed by atoms with Gasteiger partial charge < -0.3 is 28.2 Å². The molecular weight excluding hydrogens is 372 g/mol. The molecule has 0 aliphatic heterocycles. The third-order valence-corrected chi connectivity index (χ3v) is 2.46. The molecule has 0 rings (SSSR count). The molecule has 0 unspecified atom stereocenters. The Kier molecular flexibility index (Phi) is 22.3. The first-order valence-electron chi connectivity index (χ1n) is 6.40. The van der Waals surface area contributed by atoms with E-state index in [9.17, 15) is 13.2 Å². The average Bonchev–Trinajstić information content (AvgIpc) is 2.43. The Labute approximate surface area is 162 Å². The van der Waals surface area contributed by atoms with E-state index in [0.717, 1.165) is 0 Å². The summed E-state index contributed by atoms with van der Waals surface area (Å²) >= 11 is 0. The van der Waals surface area contributed by atoms with Crippen molar-refractivity contribution < 1.29 is 79.4 Å². The van der Waals surface area contributed by atoms with Crippen molar-refractivity contribution in [3.05, 3.63) is 0 Å². The van der Waals surface area contributed by atoms with Gasteiger partial charge in [0.2, 0.25) is 0 Å². The first kappa shape index (κ1) is 29.3. The molecule has 0 aromatic rings. The van der Waals surface area contributed by atoms with Crippen LogP contribution in [0.15, 0.2) is 0 Å². The monoisotopic (exact) mass is 394 g/mol. The zero-order chi connectivity index (χ0) is 18.2. The molecule has 0 amide bonds. The Morgan fingerprint density at radius 2 is 0.958 bits per heavy atom. The van der Waals surface area contributed by atoms with Gasteiger partial charge in [-0.25, -0.2) is 8.42 Å². The first-order valence-corrected chi connectivity index (χ1v) is 7.81. The van der Waals surface area contributed by atoms with Gasteiger partial charge in [-0.05, 0) is 0 Å². The molecule has 0 N–H and O–H groups in total. The molecule has 0 aromatic carbocycles. The number of methoxy groups -OCH3 is 2. The van der Waals surface area contributed by atoms with Gasteiger partial charge in [-0.1, -0.05) is 0 Å². The SMILES string of the molecule is COCCOCCOCCOCCOC.O=S(=O)([O-])C(F)(F)F.[Na+]. The first-order chi connectivity index (χ1) is 10.7. The third kappa shape index (κ3) is 22.5. The van der Waals surface area contributed by atoms with Crippen molar-refractivity contribution in [1.29, 1.82) is 0 Å². The van der Waals surface area contributed by atoms with Crippen LogP contribution in [0.1, 0.15) is 0 Å². The minimum atomic E-state index is -6.09. The van der Waals surface area contributed by atoms with Crippen molar-refractivity contribution in [3.8, 4) is 0 Å². The zero-order valence-electron chi connectivity index (χ0n) is 14.0. The molecule has 0 fully saturated rings. The number of halogens is 3. The Morgan fingerprint density at radius 1 is 0.750 bits per heavy atom. The molecule has 0 spiro atoms. The van der Waals surface area contributed by atoms with Crippen LogP contribution >= 0.6 is 0 Å². The summed E-state index contributed by atoms with van der Waals surface area (Å²) in [6, 6.07) is 0. The van der Waals surface area contributed by atoms with Crippen LogP contribution in [0.4, 0.5) is 13.2 Å². The standard InChI is InChI=1S/C10H22O5.CHF3O3S.Na/c1-11-3-5-13-7-9-15-10-8-14-6-4-12-2;2-1(3,4)8(5,6)7;/h3-10H2,1-2H3;(H,5,6,7);/q;;+1/p-1. The van der Waals surface area contributed by atoms with E-state index >= 15 is 0 Å². The molecule has 0 aliphatic carbocycles. The zero-order valence-corrected chi connectivity index (χ0v) is 16.8. The summed E-state index contributed by atoms with van der Waals surface area (Å²) in [7, 11) is -2.79. The van der Waals surface area contributed by atoms with Crippen LogP contribution in [-0.2, 0) is 33.8 Å². The summed E-state index contributed by atoms with van der Waals surface area (Å²) in [5, 5.41) is 0. The van der Waals surface area contributed by atoms with E-state index in [1.807, 2.05) is 0 Å². The average molecular weight is 394 g/mol. The molecular formula is C11H22F3NaO8S. The summed E-state index contributed by atoms with van der Waals surface area (Å²) in [6.07, 6.45) is 0. The second-order valence-corrected chi connectivity index (χ2v) is 5.09.